The molecule has 5 nitrogen and oxygen atoms in total. The van der Waals surface area contributed by atoms with Crippen LogP contribution in [0.5, 0.6) is 0 Å². The summed E-state index contributed by atoms with van der Waals surface area (Å²) < 4.78 is 11.7. The van der Waals surface area contributed by atoms with Gasteiger partial charge in [0.05, 0.1) is 18.5 Å². The van der Waals surface area contributed by atoms with Gasteiger partial charge in [-0.05, 0) is 86.7 Å². The smallest absolute Gasteiger partial charge is 0.335 e. The Balaban J connectivity index is 1.37. The number of aliphatic hydroxyl groups is 1. The second kappa shape index (κ2) is 5.82. The van der Waals surface area contributed by atoms with Crippen molar-refractivity contribution in [2.45, 2.75) is 82.0 Å². The van der Waals surface area contributed by atoms with Crippen LogP contribution in [0.25, 0.3) is 0 Å². The minimum atomic E-state index is -0.303. The van der Waals surface area contributed by atoms with Crippen LogP contribution in [0.1, 0.15) is 69.8 Å². The summed E-state index contributed by atoms with van der Waals surface area (Å²) in [7, 11) is 0. The lowest BCUT2D eigenvalue weighted by Gasteiger charge is -2.60. The van der Waals surface area contributed by atoms with Crippen LogP contribution in [0.3, 0.4) is 0 Å². The minimum Gasteiger partial charge on any atom is -0.431 e. The van der Waals surface area contributed by atoms with E-state index >= 15 is 0 Å². The van der Waals surface area contributed by atoms with E-state index in [0.717, 1.165) is 56.9 Å². The molecule has 1 aliphatic heterocycles. The quantitative estimate of drug-likeness (QED) is 0.610. The van der Waals surface area contributed by atoms with E-state index in [1.807, 2.05) is 6.07 Å². The third-order valence-electron chi connectivity index (χ3n) is 9.97. The molecule has 1 N–H and O–H groups in total. The minimum absolute atomic E-state index is 0.0177. The second-order valence-electron chi connectivity index (χ2n) is 10.7. The Morgan fingerprint density at radius 1 is 1.10 bits per heavy atom. The number of carbonyl (C=O) groups excluding carboxylic acids is 1. The maximum atomic E-state index is 12.5. The molecule has 6 rings (SSSR count). The molecule has 5 fully saturated rings. The lowest BCUT2D eigenvalue weighted by molar-refractivity contribution is -0.158. The Kier molecular flexibility index (Phi) is 3.68. The molecule has 0 amide bonds. The zero-order valence-corrected chi connectivity index (χ0v) is 17.0. The first kappa shape index (κ1) is 18.3. The van der Waals surface area contributed by atoms with E-state index in [1.54, 1.807) is 6.26 Å². The van der Waals surface area contributed by atoms with Gasteiger partial charge in [-0.15, -0.1) is 0 Å². The fourth-order valence-electron chi connectivity index (χ4n) is 8.66. The molecule has 2 heterocycles. The van der Waals surface area contributed by atoms with Gasteiger partial charge in [-0.2, -0.15) is 0 Å². The van der Waals surface area contributed by atoms with Gasteiger partial charge in [-0.3, -0.25) is 0 Å². The lowest BCUT2D eigenvalue weighted by Crippen LogP contribution is -2.59. The molecule has 1 saturated heterocycles. The molecule has 1 aromatic rings. The van der Waals surface area contributed by atoms with Gasteiger partial charge in [-0.1, -0.05) is 6.92 Å². The number of carbonyl (C=O) groups is 1. The van der Waals surface area contributed by atoms with E-state index in [1.165, 1.54) is 12.4 Å². The van der Waals surface area contributed by atoms with Crippen LogP contribution in [-0.4, -0.2) is 29.2 Å². The van der Waals surface area contributed by atoms with Crippen molar-refractivity contribution in [1.82, 2.24) is 0 Å². The van der Waals surface area contributed by atoms with E-state index in [4.69, 9.17) is 9.15 Å². The largest absolute Gasteiger partial charge is 0.431 e. The fraction of sp³-hybridized carbons (Fsp3) is 0.750. The molecule has 156 valence electrons. The molecule has 1 aromatic heterocycles. The molecule has 29 heavy (non-hydrogen) atoms. The number of aliphatic hydroxyl groups excluding tert-OH is 1. The molecule has 0 aromatic carbocycles. The highest BCUT2D eigenvalue weighted by molar-refractivity contribution is 5.62. The summed E-state index contributed by atoms with van der Waals surface area (Å²) in [5, 5.41) is 10.2. The van der Waals surface area contributed by atoms with Crippen molar-refractivity contribution in [2.75, 3.05) is 0 Å². The normalized spacial score (nSPS) is 52.6. The van der Waals surface area contributed by atoms with Gasteiger partial charge in [0.25, 0.3) is 0 Å². The Hall–Kier alpha value is -1.46. The summed E-state index contributed by atoms with van der Waals surface area (Å²) in [6.45, 7) is 2.37. The predicted molar refractivity (Wildman–Crippen MR) is 105 cm³/mol. The summed E-state index contributed by atoms with van der Waals surface area (Å²) in [5.74, 6) is 1.45. The topological polar surface area (TPSA) is 80.0 Å². The third-order valence-corrected chi connectivity index (χ3v) is 9.97. The Morgan fingerprint density at radius 2 is 1.97 bits per heavy atom. The first-order valence-electron chi connectivity index (χ1n) is 11.4. The maximum absolute atomic E-state index is 12.5. The molecular weight excluding hydrogens is 368 g/mol. The van der Waals surface area contributed by atoms with Crippen LogP contribution < -0.4 is 5.63 Å². The van der Waals surface area contributed by atoms with E-state index in [9.17, 15) is 14.7 Å². The fourth-order valence-corrected chi connectivity index (χ4v) is 8.66. The second-order valence-corrected chi connectivity index (χ2v) is 10.7. The third kappa shape index (κ3) is 2.13. The van der Waals surface area contributed by atoms with E-state index in [2.05, 4.69) is 6.92 Å². The van der Waals surface area contributed by atoms with E-state index < -0.39 is 0 Å². The van der Waals surface area contributed by atoms with Crippen molar-refractivity contribution in [3.8, 4) is 0 Å². The molecule has 1 spiro atoms. The maximum Gasteiger partial charge on any atom is 0.335 e. The average Bonchev–Trinajstić information content (AvgIpc) is 3.38. The predicted octanol–water partition coefficient (Wildman–Crippen LogP) is 3.44. The first-order valence-corrected chi connectivity index (χ1v) is 11.4. The van der Waals surface area contributed by atoms with E-state index in [-0.39, 0.29) is 34.3 Å². The molecule has 9 atom stereocenters. The van der Waals surface area contributed by atoms with Gasteiger partial charge < -0.3 is 19.1 Å². The van der Waals surface area contributed by atoms with Gasteiger partial charge >= 0.3 is 5.63 Å². The Labute approximate surface area is 170 Å². The van der Waals surface area contributed by atoms with Crippen molar-refractivity contribution < 1.29 is 19.1 Å². The summed E-state index contributed by atoms with van der Waals surface area (Å²) in [6.07, 6.45) is 10.5. The Morgan fingerprint density at radius 3 is 2.72 bits per heavy atom. The van der Waals surface area contributed by atoms with Crippen LogP contribution in [0.4, 0.5) is 0 Å². The van der Waals surface area contributed by atoms with Gasteiger partial charge in [-0.25, -0.2) is 4.79 Å². The van der Waals surface area contributed by atoms with Crippen molar-refractivity contribution in [2.24, 2.45) is 28.6 Å². The number of hydrogen-bond acceptors (Lipinski definition) is 5. The first-order chi connectivity index (χ1) is 13.9. The molecule has 4 saturated carbocycles. The molecule has 5 aliphatic rings. The molecular formula is C24H30O5. The molecule has 5 heteroatoms. The standard InChI is InChI=1S/C24H30O5/c1-22-8-7-17-18(4-3-15-10-16(26)6-9-23(15,17)13-25)24(22)20(29-24)11-19(22)14-2-5-21(27)28-12-14/h2,5,12-13,15-20,26H,3-4,6-11H2,1H3/t15-,16-,17-,18-,19+,20-,22+,23+,24+/m0/s1. The summed E-state index contributed by atoms with van der Waals surface area (Å²) >= 11 is 0. The lowest BCUT2D eigenvalue weighted by atomic mass is 9.44. The molecule has 0 unspecified atom stereocenters. The van der Waals surface area contributed by atoms with Gasteiger partial charge in [0.2, 0.25) is 0 Å². The number of epoxide rings is 1. The number of hydrogen-bond donors (Lipinski definition) is 1. The molecule has 4 aliphatic carbocycles. The zero-order chi connectivity index (χ0) is 20.0. The summed E-state index contributed by atoms with van der Waals surface area (Å²) in [4.78, 5) is 24.0. The van der Waals surface area contributed by atoms with Crippen LogP contribution in [-0.2, 0) is 9.53 Å². The van der Waals surface area contributed by atoms with Crippen LogP contribution in [0, 0.1) is 28.6 Å². The van der Waals surface area contributed by atoms with Crippen LogP contribution >= 0.6 is 0 Å². The highest BCUT2D eigenvalue weighted by Gasteiger charge is 2.80. The molecule has 0 radical (unpaired) electrons. The molecule has 0 bridgehead atoms. The Bertz CT molecular complexity index is 888. The van der Waals surface area contributed by atoms with Crippen LogP contribution in [0.2, 0.25) is 0 Å². The highest BCUT2D eigenvalue weighted by atomic mass is 16.6. The monoisotopic (exact) mass is 398 g/mol. The van der Waals surface area contributed by atoms with Gasteiger partial charge in [0, 0.05) is 16.9 Å². The van der Waals surface area contributed by atoms with Crippen LogP contribution in [0.15, 0.2) is 27.6 Å². The average molecular weight is 398 g/mol. The number of rotatable bonds is 2. The highest BCUT2D eigenvalue weighted by Crippen LogP contribution is 2.77. The van der Waals surface area contributed by atoms with Crippen molar-refractivity contribution in [1.29, 1.82) is 0 Å². The van der Waals surface area contributed by atoms with Crippen molar-refractivity contribution >= 4 is 6.29 Å². The number of aldehydes is 1. The summed E-state index contributed by atoms with van der Waals surface area (Å²) in [6, 6.07) is 3.46. The summed E-state index contributed by atoms with van der Waals surface area (Å²) in [5.41, 5.74) is 0.423. The number of ether oxygens (including phenoxy) is 1. The number of fused-ring (bicyclic) bond motifs is 3. The SMILES string of the molecule is C[C@]12CC[C@H]3[C@H](CC[C@H]4C[C@@H](O)CC[C@@]43C=O)[C@]13O[C@H]3C[C@@H]2c1ccc(=O)oc1. The van der Waals surface area contributed by atoms with Crippen molar-refractivity contribution in [3.63, 3.8) is 0 Å². The zero-order valence-electron chi connectivity index (χ0n) is 17.0. The van der Waals surface area contributed by atoms with Gasteiger partial charge in [0.15, 0.2) is 0 Å². The van der Waals surface area contributed by atoms with Crippen molar-refractivity contribution in [3.05, 3.63) is 34.4 Å². The van der Waals surface area contributed by atoms with E-state index in [0.29, 0.717) is 23.7 Å². The van der Waals surface area contributed by atoms with Gasteiger partial charge in [0.1, 0.15) is 11.9 Å².